The van der Waals surface area contributed by atoms with E-state index < -0.39 is 0 Å². The first-order chi connectivity index (χ1) is 11.4. The number of fused-ring (bicyclic) bond motifs is 1. The Morgan fingerprint density at radius 2 is 1.70 bits per heavy atom. The van der Waals surface area contributed by atoms with Gasteiger partial charge in [0.05, 0.1) is 0 Å². The van der Waals surface area contributed by atoms with Crippen molar-refractivity contribution in [2.45, 2.75) is 44.1 Å². The van der Waals surface area contributed by atoms with Gasteiger partial charge >= 0.3 is 0 Å². The number of hydrogen-bond acceptors (Lipinski definition) is 2. The summed E-state index contributed by atoms with van der Waals surface area (Å²) in [6.45, 7) is 2.26. The molecule has 0 spiro atoms. The minimum Gasteiger partial charge on any atom is -0.385 e. The number of rotatable bonds is 5. The van der Waals surface area contributed by atoms with Crippen LogP contribution >= 0.6 is 0 Å². The van der Waals surface area contributed by atoms with E-state index in [0.29, 0.717) is 12.0 Å². The van der Waals surface area contributed by atoms with Gasteiger partial charge in [0.2, 0.25) is 0 Å². The van der Waals surface area contributed by atoms with E-state index in [0.717, 1.165) is 6.54 Å². The summed E-state index contributed by atoms with van der Waals surface area (Å²) in [5.41, 5.74) is 5.89. The molecule has 4 rings (SSSR count). The van der Waals surface area contributed by atoms with E-state index in [2.05, 4.69) is 59.2 Å². The Bertz CT molecular complexity index is 633. The van der Waals surface area contributed by atoms with Crippen molar-refractivity contribution in [2.24, 2.45) is 0 Å². The lowest BCUT2D eigenvalue weighted by atomic mass is 9.94. The Morgan fingerprint density at radius 3 is 2.43 bits per heavy atom. The van der Waals surface area contributed by atoms with Crippen molar-refractivity contribution in [2.75, 3.05) is 18.4 Å². The first-order valence-corrected chi connectivity index (χ1v) is 9.03. The van der Waals surface area contributed by atoms with E-state index >= 15 is 0 Å². The molecule has 1 aliphatic heterocycles. The second kappa shape index (κ2) is 6.76. The highest BCUT2D eigenvalue weighted by Gasteiger charge is 2.24. The van der Waals surface area contributed by atoms with Crippen molar-refractivity contribution in [1.82, 2.24) is 5.32 Å². The highest BCUT2D eigenvalue weighted by Crippen LogP contribution is 2.37. The van der Waals surface area contributed by atoms with Gasteiger partial charge in [-0.1, -0.05) is 42.5 Å². The average Bonchev–Trinajstić information content (AvgIpc) is 3.24. The van der Waals surface area contributed by atoms with E-state index in [9.17, 15) is 0 Å². The number of nitrogens with one attached hydrogen (secondary N) is 2. The normalized spacial score (nSPS) is 20.6. The predicted molar refractivity (Wildman–Crippen MR) is 97.2 cm³/mol. The fourth-order valence-corrected chi connectivity index (χ4v) is 4.18. The largest absolute Gasteiger partial charge is 0.385 e. The molecule has 2 N–H and O–H groups in total. The van der Waals surface area contributed by atoms with E-state index in [1.807, 2.05) is 0 Å². The van der Waals surface area contributed by atoms with Gasteiger partial charge in [-0.3, -0.25) is 0 Å². The molecule has 2 aromatic carbocycles. The molecule has 0 saturated carbocycles. The molecule has 1 atom stereocenters. The summed E-state index contributed by atoms with van der Waals surface area (Å²) in [6, 6.07) is 18.5. The highest BCUT2D eigenvalue weighted by molar-refractivity contribution is 5.55. The van der Waals surface area contributed by atoms with Crippen LogP contribution in [0.2, 0.25) is 0 Å². The van der Waals surface area contributed by atoms with Crippen molar-refractivity contribution in [1.29, 1.82) is 0 Å². The Hall–Kier alpha value is -1.80. The van der Waals surface area contributed by atoms with Crippen LogP contribution in [-0.2, 0) is 12.8 Å². The van der Waals surface area contributed by atoms with Crippen LogP contribution in [0.1, 0.15) is 41.9 Å². The van der Waals surface area contributed by atoms with Gasteiger partial charge in [0, 0.05) is 18.3 Å². The Balaban J connectivity index is 1.43. The molecule has 2 nitrogen and oxygen atoms in total. The van der Waals surface area contributed by atoms with E-state index in [1.54, 1.807) is 0 Å². The molecular weight excluding hydrogens is 280 g/mol. The molecule has 1 saturated heterocycles. The van der Waals surface area contributed by atoms with Gasteiger partial charge in [-0.2, -0.15) is 0 Å². The first kappa shape index (κ1) is 14.8. The van der Waals surface area contributed by atoms with Crippen LogP contribution in [0, 0.1) is 0 Å². The number of hydrogen-bond donors (Lipinski definition) is 2. The number of para-hydroxylation sites is 1. The van der Waals surface area contributed by atoms with Crippen molar-refractivity contribution < 1.29 is 0 Å². The zero-order valence-electron chi connectivity index (χ0n) is 13.7. The SMILES string of the molecule is c1ccc2c(c1)CC(c1ccccc1NCCC1CCCN1)C2. The molecule has 0 radical (unpaired) electrons. The molecule has 1 aliphatic carbocycles. The lowest BCUT2D eigenvalue weighted by Gasteiger charge is -2.18. The van der Waals surface area contributed by atoms with Crippen LogP contribution in [-0.4, -0.2) is 19.1 Å². The maximum atomic E-state index is 3.70. The lowest BCUT2D eigenvalue weighted by Crippen LogP contribution is -2.24. The fourth-order valence-electron chi connectivity index (χ4n) is 4.18. The molecule has 1 heterocycles. The zero-order chi connectivity index (χ0) is 15.5. The predicted octanol–water partition coefficient (Wildman–Crippen LogP) is 4.12. The smallest absolute Gasteiger partial charge is 0.0375 e. The van der Waals surface area contributed by atoms with Crippen LogP contribution in [0.3, 0.4) is 0 Å². The topological polar surface area (TPSA) is 24.1 Å². The molecule has 1 unspecified atom stereocenters. The standard InChI is InChI=1S/C21H26N2/c1-2-7-17-15-18(14-16(17)6-1)20-9-3-4-10-21(20)23-13-11-19-8-5-12-22-19/h1-4,6-7,9-10,18-19,22-23H,5,8,11-15H2. The summed E-state index contributed by atoms with van der Waals surface area (Å²) in [7, 11) is 0. The molecular formula is C21H26N2. The summed E-state index contributed by atoms with van der Waals surface area (Å²) in [4.78, 5) is 0. The third kappa shape index (κ3) is 3.28. The van der Waals surface area contributed by atoms with Gasteiger partial charge in [0.1, 0.15) is 0 Å². The summed E-state index contributed by atoms with van der Waals surface area (Å²) >= 11 is 0. The van der Waals surface area contributed by atoms with Gasteiger partial charge in [-0.25, -0.2) is 0 Å². The van der Waals surface area contributed by atoms with E-state index in [4.69, 9.17) is 0 Å². The zero-order valence-corrected chi connectivity index (χ0v) is 13.7. The van der Waals surface area contributed by atoms with Gasteiger partial charge in [0.25, 0.3) is 0 Å². The molecule has 0 aromatic heterocycles. The second-order valence-corrected chi connectivity index (χ2v) is 6.97. The fraction of sp³-hybridized carbons (Fsp3) is 0.429. The number of benzene rings is 2. The quantitative estimate of drug-likeness (QED) is 0.868. The summed E-state index contributed by atoms with van der Waals surface area (Å²) in [5.74, 6) is 0.626. The van der Waals surface area contributed by atoms with Crippen LogP contribution < -0.4 is 10.6 Å². The van der Waals surface area contributed by atoms with Gasteiger partial charge in [-0.05, 0) is 67.3 Å². The minimum atomic E-state index is 0.626. The maximum absolute atomic E-state index is 3.70. The Labute approximate surface area is 139 Å². The summed E-state index contributed by atoms with van der Waals surface area (Å²) < 4.78 is 0. The van der Waals surface area contributed by atoms with Crippen molar-refractivity contribution in [3.05, 3.63) is 65.2 Å². The lowest BCUT2D eigenvalue weighted by molar-refractivity contribution is 0.574. The molecule has 2 aromatic rings. The minimum absolute atomic E-state index is 0.626. The van der Waals surface area contributed by atoms with Crippen LogP contribution in [0.4, 0.5) is 5.69 Å². The molecule has 0 amide bonds. The monoisotopic (exact) mass is 306 g/mol. The highest BCUT2D eigenvalue weighted by atomic mass is 15.0. The van der Waals surface area contributed by atoms with Crippen LogP contribution in [0.25, 0.3) is 0 Å². The first-order valence-electron chi connectivity index (χ1n) is 9.03. The van der Waals surface area contributed by atoms with Crippen LogP contribution in [0.5, 0.6) is 0 Å². The molecule has 120 valence electrons. The molecule has 0 bridgehead atoms. The molecule has 1 fully saturated rings. The van der Waals surface area contributed by atoms with Gasteiger partial charge < -0.3 is 10.6 Å². The number of anilines is 1. The Morgan fingerprint density at radius 1 is 0.957 bits per heavy atom. The van der Waals surface area contributed by atoms with Crippen molar-refractivity contribution in [3.63, 3.8) is 0 Å². The third-order valence-corrected chi connectivity index (χ3v) is 5.42. The average molecular weight is 306 g/mol. The maximum Gasteiger partial charge on any atom is 0.0375 e. The molecule has 23 heavy (non-hydrogen) atoms. The Kier molecular flexibility index (Phi) is 4.34. The van der Waals surface area contributed by atoms with E-state index in [-0.39, 0.29) is 0 Å². The van der Waals surface area contributed by atoms with E-state index in [1.165, 1.54) is 61.0 Å². The van der Waals surface area contributed by atoms with Crippen molar-refractivity contribution >= 4 is 5.69 Å². The second-order valence-electron chi connectivity index (χ2n) is 6.97. The summed E-state index contributed by atoms with van der Waals surface area (Å²) in [6.07, 6.45) is 6.25. The molecule has 2 aliphatic rings. The summed E-state index contributed by atoms with van der Waals surface area (Å²) in [5, 5.41) is 7.29. The molecule has 2 heteroatoms. The van der Waals surface area contributed by atoms with Gasteiger partial charge in [-0.15, -0.1) is 0 Å². The van der Waals surface area contributed by atoms with Crippen LogP contribution in [0.15, 0.2) is 48.5 Å². The van der Waals surface area contributed by atoms with Crippen molar-refractivity contribution in [3.8, 4) is 0 Å². The van der Waals surface area contributed by atoms with Gasteiger partial charge in [0.15, 0.2) is 0 Å². The third-order valence-electron chi connectivity index (χ3n) is 5.42.